The molecule has 0 amide bonds. The zero-order chi connectivity index (χ0) is 13.5. The van der Waals surface area contributed by atoms with E-state index in [-0.39, 0.29) is 11.2 Å². The van der Waals surface area contributed by atoms with E-state index < -0.39 is 0 Å². The van der Waals surface area contributed by atoms with Gasteiger partial charge in [0.25, 0.3) is 0 Å². The van der Waals surface area contributed by atoms with Crippen LogP contribution in [0.5, 0.6) is 0 Å². The zero-order valence-electron chi connectivity index (χ0n) is 11.0. The van der Waals surface area contributed by atoms with Crippen LogP contribution in [0.25, 0.3) is 5.69 Å². The minimum absolute atomic E-state index is 0.107. The van der Waals surface area contributed by atoms with Crippen LogP contribution in [-0.4, -0.2) is 9.55 Å². The molecule has 18 heavy (non-hydrogen) atoms. The molecule has 0 radical (unpaired) electrons. The van der Waals surface area contributed by atoms with E-state index >= 15 is 0 Å². The quantitative estimate of drug-likeness (QED) is 0.762. The van der Waals surface area contributed by atoms with Crippen LogP contribution < -0.4 is 0 Å². The molecule has 0 unspecified atom stereocenters. The van der Waals surface area contributed by atoms with Crippen LogP contribution >= 0.6 is 12.2 Å². The van der Waals surface area contributed by atoms with Crippen molar-refractivity contribution in [2.75, 3.05) is 0 Å². The summed E-state index contributed by atoms with van der Waals surface area (Å²) in [7, 11) is 0. The number of benzene rings is 1. The Balaban J connectivity index is 2.76. The maximum Gasteiger partial charge on any atom is 0.182 e. The number of nitrogens with zero attached hydrogens (tertiary/aromatic N) is 1. The Morgan fingerprint density at radius 2 is 1.94 bits per heavy atom. The van der Waals surface area contributed by atoms with Gasteiger partial charge in [0.2, 0.25) is 0 Å². The molecule has 96 valence electrons. The Morgan fingerprint density at radius 3 is 2.56 bits per heavy atom. The smallest absolute Gasteiger partial charge is 0.182 e. The van der Waals surface area contributed by atoms with E-state index in [1.165, 1.54) is 0 Å². The molecule has 1 aromatic heterocycles. The predicted molar refractivity (Wildman–Crippen MR) is 74.3 cm³/mol. The third-order valence-electron chi connectivity index (χ3n) is 2.96. The highest BCUT2D eigenvalue weighted by Gasteiger charge is 2.21. The monoisotopic (exact) mass is 264 g/mol. The van der Waals surface area contributed by atoms with Gasteiger partial charge in [0.1, 0.15) is 5.82 Å². The first-order chi connectivity index (χ1) is 8.32. The van der Waals surface area contributed by atoms with Crippen molar-refractivity contribution in [1.82, 2.24) is 9.55 Å². The normalized spacial score (nSPS) is 11.8. The third kappa shape index (κ3) is 2.12. The minimum atomic E-state index is -0.223. The van der Waals surface area contributed by atoms with E-state index in [2.05, 4.69) is 25.8 Å². The molecule has 0 fully saturated rings. The van der Waals surface area contributed by atoms with Crippen molar-refractivity contribution in [2.45, 2.75) is 33.1 Å². The van der Waals surface area contributed by atoms with Gasteiger partial charge < -0.3 is 4.98 Å². The van der Waals surface area contributed by atoms with Crippen molar-refractivity contribution >= 4 is 12.2 Å². The molecule has 2 nitrogen and oxygen atoms in total. The van der Waals surface area contributed by atoms with Gasteiger partial charge in [0.05, 0.1) is 5.69 Å². The van der Waals surface area contributed by atoms with Crippen molar-refractivity contribution in [3.63, 3.8) is 0 Å². The molecule has 0 saturated heterocycles. The van der Waals surface area contributed by atoms with Gasteiger partial charge >= 0.3 is 0 Å². The van der Waals surface area contributed by atoms with Crippen molar-refractivity contribution in [2.24, 2.45) is 0 Å². The maximum absolute atomic E-state index is 14.2. The summed E-state index contributed by atoms with van der Waals surface area (Å²) in [5.74, 6) is -0.223. The summed E-state index contributed by atoms with van der Waals surface area (Å²) in [5, 5.41) is 0. The highest BCUT2D eigenvalue weighted by Crippen LogP contribution is 2.27. The molecule has 0 aliphatic carbocycles. The second kappa shape index (κ2) is 4.35. The molecular weight excluding hydrogens is 247 g/mol. The molecule has 0 saturated carbocycles. The van der Waals surface area contributed by atoms with Gasteiger partial charge in [-0.2, -0.15) is 0 Å². The summed E-state index contributed by atoms with van der Waals surface area (Å²) in [5.41, 5.74) is 1.99. The van der Waals surface area contributed by atoms with E-state index in [0.717, 1.165) is 5.69 Å². The lowest BCUT2D eigenvalue weighted by molar-refractivity contribution is 0.545. The van der Waals surface area contributed by atoms with Gasteiger partial charge in [-0.15, -0.1) is 0 Å². The van der Waals surface area contributed by atoms with Crippen molar-refractivity contribution in [3.05, 3.63) is 46.2 Å². The van der Waals surface area contributed by atoms with Gasteiger partial charge in [-0.1, -0.05) is 32.9 Å². The second-order valence-electron chi connectivity index (χ2n) is 5.47. The lowest BCUT2D eigenvalue weighted by Crippen LogP contribution is -2.17. The van der Waals surface area contributed by atoms with Crippen LogP contribution in [0.15, 0.2) is 24.4 Å². The second-order valence-corrected chi connectivity index (χ2v) is 5.86. The minimum Gasteiger partial charge on any atom is -0.337 e. The number of aryl methyl sites for hydroxylation is 1. The van der Waals surface area contributed by atoms with Gasteiger partial charge in [-0.3, -0.25) is 4.57 Å². The maximum atomic E-state index is 14.2. The summed E-state index contributed by atoms with van der Waals surface area (Å²) in [4.78, 5) is 3.00. The van der Waals surface area contributed by atoms with E-state index in [1.54, 1.807) is 23.6 Å². The predicted octanol–water partition coefficient (Wildman–Crippen LogP) is 4.28. The Bertz CT molecular complexity index is 632. The number of rotatable bonds is 1. The molecular formula is C14H17FN2S. The number of H-pyrrole nitrogens is 1. The lowest BCUT2D eigenvalue weighted by Gasteiger charge is -2.21. The molecule has 2 aromatic rings. The van der Waals surface area contributed by atoms with Gasteiger partial charge in [-0.05, 0) is 30.8 Å². The Morgan fingerprint density at radius 1 is 1.28 bits per heavy atom. The van der Waals surface area contributed by atoms with Crippen LogP contribution in [0.1, 0.15) is 32.0 Å². The highest BCUT2D eigenvalue weighted by molar-refractivity contribution is 7.71. The highest BCUT2D eigenvalue weighted by atomic mass is 32.1. The number of aromatic amines is 1. The molecule has 2 rings (SSSR count). The van der Waals surface area contributed by atoms with Crippen molar-refractivity contribution in [1.29, 1.82) is 0 Å². The van der Waals surface area contributed by atoms with Crippen molar-refractivity contribution < 1.29 is 4.39 Å². The molecule has 0 spiro atoms. The number of hydrogen-bond donors (Lipinski definition) is 1. The summed E-state index contributed by atoms with van der Waals surface area (Å²) >= 11 is 5.27. The first kappa shape index (κ1) is 13.0. The van der Waals surface area contributed by atoms with E-state index in [9.17, 15) is 4.39 Å². The molecule has 0 bridgehead atoms. The molecule has 1 N–H and O–H groups in total. The number of aromatic nitrogens is 2. The first-order valence-electron chi connectivity index (χ1n) is 5.89. The molecule has 1 heterocycles. The van der Waals surface area contributed by atoms with E-state index in [0.29, 0.717) is 16.0 Å². The lowest BCUT2D eigenvalue weighted by atomic mass is 9.92. The molecule has 0 aliphatic rings. The summed E-state index contributed by atoms with van der Waals surface area (Å²) < 4.78 is 16.5. The zero-order valence-corrected chi connectivity index (χ0v) is 11.9. The number of hydrogen-bond acceptors (Lipinski definition) is 1. The Kier molecular flexibility index (Phi) is 3.15. The van der Waals surface area contributed by atoms with Crippen LogP contribution in [0.2, 0.25) is 0 Å². The fraction of sp³-hybridized carbons (Fsp3) is 0.357. The van der Waals surface area contributed by atoms with E-state index in [1.807, 2.05) is 12.3 Å². The van der Waals surface area contributed by atoms with Gasteiger partial charge in [0, 0.05) is 17.3 Å². The molecule has 0 atom stereocenters. The van der Waals surface area contributed by atoms with Gasteiger partial charge in [-0.25, -0.2) is 4.39 Å². The Hall–Kier alpha value is -1.42. The van der Waals surface area contributed by atoms with Crippen LogP contribution in [0.4, 0.5) is 4.39 Å². The fourth-order valence-corrected chi connectivity index (χ4v) is 2.22. The summed E-state index contributed by atoms with van der Waals surface area (Å²) in [6.07, 6.45) is 1.85. The van der Waals surface area contributed by atoms with Crippen LogP contribution in [0, 0.1) is 17.5 Å². The first-order valence-corrected chi connectivity index (χ1v) is 6.29. The number of nitrogens with one attached hydrogen (secondary N) is 1. The standard InChI is InChI=1S/C14H17FN2S/c1-9-6-5-7-10(12(9)15)17-11(14(2,3)4)8-16-13(17)18/h5-8H,1-4H3,(H,16,18). The molecule has 1 aromatic carbocycles. The summed E-state index contributed by atoms with van der Waals surface area (Å²) in [6.45, 7) is 7.99. The van der Waals surface area contributed by atoms with Crippen LogP contribution in [-0.2, 0) is 5.41 Å². The Labute approximate surface area is 111 Å². The van der Waals surface area contributed by atoms with Crippen LogP contribution in [0.3, 0.4) is 0 Å². The third-order valence-corrected chi connectivity index (χ3v) is 3.26. The van der Waals surface area contributed by atoms with Crippen molar-refractivity contribution in [3.8, 4) is 5.69 Å². The average molecular weight is 264 g/mol. The fourth-order valence-electron chi connectivity index (χ4n) is 1.96. The number of halogens is 1. The topological polar surface area (TPSA) is 20.7 Å². The van der Waals surface area contributed by atoms with Gasteiger partial charge in [0.15, 0.2) is 4.77 Å². The van der Waals surface area contributed by atoms with E-state index in [4.69, 9.17) is 12.2 Å². The SMILES string of the molecule is Cc1cccc(-n2c(C(C)(C)C)c[nH]c2=S)c1F. The molecule has 0 aliphatic heterocycles. The molecule has 4 heteroatoms. The largest absolute Gasteiger partial charge is 0.337 e. The summed E-state index contributed by atoms with van der Waals surface area (Å²) in [6, 6.07) is 5.35. The number of imidazole rings is 1. The average Bonchev–Trinajstić information content (AvgIpc) is 2.64.